The molecule has 0 aromatic heterocycles. The molecule has 0 unspecified atom stereocenters. The van der Waals surface area contributed by atoms with Crippen LogP contribution in [0.3, 0.4) is 0 Å². The summed E-state index contributed by atoms with van der Waals surface area (Å²) in [7, 11) is 1.57. The van der Waals surface area contributed by atoms with Gasteiger partial charge in [0.2, 0.25) is 0 Å². The number of benzene rings is 1. The number of halogens is 1. The largest absolute Gasteiger partial charge is 0.496 e. The molecule has 20 heavy (non-hydrogen) atoms. The second-order valence-electron chi connectivity index (χ2n) is 5.23. The highest BCUT2D eigenvalue weighted by atomic mass is 35.5. The molecule has 0 bridgehead atoms. The number of methoxy groups -OCH3 is 1. The molecule has 1 aromatic rings. The lowest BCUT2D eigenvalue weighted by Crippen LogP contribution is -2.38. The highest BCUT2D eigenvalue weighted by Crippen LogP contribution is 2.27. The van der Waals surface area contributed by atoms with Gasteiger partial charge in [-0.25, -0.2) is 0 Å². The Hall–Kier alpha value is -1.22. The standard InChI is InChI=1S/C16H24ClNO2/c1-5-16(6-2,10-17)11-18-15(19)13-9-12(3)7-8-14(13)20-4/h7-9H,5-6,10-11H2,1-4H3,(H,18,19). The third kappa shape index (κ3) is 3.89. The van der Waals surface area contributed by atoms with E-state index in [0.717, 1.165) is 18.4 Å². The van der Waals surface area contributed by atoms with E-state index in [1.165, 1.54) is 0 Å². The van der Waals surface area contributed by atoms with E-state index in [2.05, 4.69) is 19.2 Å². The van der Waals surface area contributed by atoms with Crippen molar-refractivity contribution >= 4 is 17.5 Å². The monoisotopic (exact) mass is 297 g/mol. The lowest BCUT2D eigenvalue weighted by molar-refractivity contribution is 0.0928. The lowest BCUT2D eigenvalue weighted by Gasteiger charge is -2.29. The predicted octanol–water partition coefficient (Wildman–Crippen LogP) is 3.78. The number of hydrogen-bond acceptors (Lipinski definition) is 2. The van der Waals surface area contributed by atoms with Gasteiger partial charge in [-0.05, 0) is 31.9 Å². The summed E-state index contributed by atoms with van der Waals surface area (Å²) >= 11 is 6.06. The number of rotatable bonds is 7. The van der Waals surface area contributed by atoms with Crippen LogP contribution in [0.15, 0.2) is 18.2 Å². The van der Waals surface area contributed by atoms with Crippen LogP contribution in [0.4, 0.5) is 0 Å². The van der Waals surface area contributed by atoms with E-state index in [0.29, 0.717) is 23.7 Å². The van der Waals surface area contributed by atoms with Crippen LogP contribution in [0.2, 0.25) is 0 Å². The van der Waals surface area contributed by atoms with E-state index < -0.39 is 0 Å². The third-order valence-corrected chi connectivity index (χ3v) is 4.57. The lowest BCUT2D eigenvalue weighted by atomic mass is 9.84. The van der Waals surface area contributed by atoms with Crippen LogP contribution >= 0.6 is 11.6 Å². The minimum absolute atomic E-state index is 0.0335. The summed E-state index contributed by atoms with van der Waals surface area (Å²) in [5.74, 6) is 1.03. The summed E-state index contributed by atoms with van der Waals surface area (Å²) < 4.78 is 5.25. The second-order valence-corrected chi connectivity index (χ2v) is 5.49. The van der Waals surface area contributed by atoms with Crippen LogP contribution in [0, 0.1) is 12.3 Å². The van der Waals surface area contributed by atoms with E-state index in [-0.39, 0.29) is 11.3 Å². The highest BCUT2D eigenvalue weighted by Gasteiger charge is 2.26. The maximum absolute atomic E-state index is 12.3. The van der Waals surface area contributed by atoms with Crippen LogP contribution < -0.4 is 10.1 Å². The van der Waals surface area contributed by atoms with Crippen molar-refractivity contribution in [1.29, 1.82) is 0 Å². The summed E-state index contributed by atoms with van der Waals surface area (Å²) in [6.07, 6.45) is 1.89. The molecule has 0 radical (unpaired) electrons. The van der Waals surface area contributed by atoms with Crippen LogP contribution in [-0.2, 0) is 0 Å². The van der Waals surface area contributed by atoms with Gasteiger partial charge >= 0.3 is 0 Å². The van der Waals surface area contributed by atoms with E-state index in [4.69, 9.17) is 16.3 Å². The van der Waals surface area contributed by atoms with Crippen molar-refractivity contribution in [2.75, 3.05) is 19.5 Å². The van der Waals surface area contributed by atoms with Gasteiger partial charge in [-0.3, -0.25) is 4.79 Å². The van der Waals surface area contributed by atoms with E-state index in [1.807, 2.05) is 25.1 Å². The Balaban J connectivity index is 2.84. The van der Waals surface area contributed by atoms with Gasteiger partial charge in [0.15, 0.2) is 0 Å². The van der Waals surface area contributed by atoms with E-state index in [9.17, 15) is 4.79 Å². The van der Waals surface area contributed by atoms with Gasteiger partial charge < -0.3 is 10.1 Å². The quantitative estimate of drug-likeness (QED) is 0.778. The molecule has 0 saturated carbocycles. The summed E-state index contributed by atoms with van der Waals surface area (Å²) in [6, 6.07) is 5.59. The fraction of sp³-hybridized carbons (Fsp3) is 0.562. The van der Waals surface area contributed by atoms with Gasteiger partial charge in [0, 0.05) is 17.8 Å². The first-order chi connectivity index (χ1) is 9.51. The molecule has 4 heteroatoms. The van der Waals surface area contributed by atoms with Gasteiger partial charge in [0.25, 0.3) is 5.91 Å². The van der Waals surface area contributed by atoms with Crippen LogP contribution in [0.1, 0.15) is 42.6 Å². The molecule has 0 spiro atoms. The zero-order chi connectivity index (χ0) is 15.2. The molecule has 0 fully saturated rings. The van der Waals surface area contributed by atoms with Gasteiger partial charge in [-0.2, -0.15) is 0 Å². The van der Waals surface area contributed by atoms with Crippen molar-refractivity contribution in [2.45, 2.75) is 33.6 Å². The second kappa shape index (κ2) is 7.53. The van der Waals surface area contributed by atoms with E-state index >= 15 is 0 Å². The smallest absolute Gasteiger partial charge is 0.255 e. The van der Waals surface area contributed by atoms with E-state index in [1.54, 1.807) is 7.11 Å². The normalized spacial score (nSPS) is 11.2. The molecule has 0 aliphatic heterocycles. The van der Waals surface area contributed by atoms with Crippen molar-refractivity contribution in [3.05, 3.63) is 29.3 Å². The molecule has 0 aliphatic carbocycles. The molecule has 1 rings (SSSR count). The summed E-state index contributed by atoms with van der Waals surface area (Å²) in [5.41, 5.74) is 1.57. The number of aryl methyl sites for hydroxylation is 1. The molecule has 0 aliphatic rings. The fourth-order valence-corrected chi connectivity index (χ4v) is 2.57. The number of carbonyl (C=O) groups excluding carboxylic acids is 1. The topological polar surface area (TPSA) is 38.3 Å². The molecule has 112 valence electrons. The zero-order valence-corrected chi connectivity index (χ0v) is 13.5. The molecular formula is C16H24ClNO2. The van der Waals surface area contributed by atoms with Crippen molar-refractivity contribution < 1.29 is 9.53 Å². The minimum atomic E-state index is -0.109. The van der Waals surface area contributed by atoms with Gasteiger partial charge in [-0.15, -0.1) is 11.6 Å². The predicted molar refractivity (Wildman–Crippen MR) is 83.8 cm³/mol. The average Bonchev–Trinajstić information content (AvgIpc) is 2.49. The van der Waals surface area contributed by atoms with Gasteiger partial charge in [0.1, 0.15) is 5.75 Å². The Labute approximate surface area is 126 Å². The number of amides is 1. The third-order valence-electron chi connectivity index (χ3n) is 4.01. The number of carbonyl (C=O) groups is 1. The first-order valence-electron chi connectivity index (χ1n) is 7.00. The average molecular weight is 298 g/mol. The molecule has 3 nitrogen and oxygen atoms in total. The minimum Gasteiger partial charge on any atom is -0.496 e. The van der Waals surface area contributed by atoms with Crippen molar-refractivity contribution in [3.8, 4) is 5.75 Å². The Bertz CT molecular complexity index is 448. The first kappa shape index (κ1) is 16.8. The summed E-state index contributed by atoms with van der Waals surface area (Å²) in [5, 5.41) is 2.99. The maximum atomic E-state index is 12.3. The Morgan fingerprint density at radius 3 is 2.50 bits per heavy atom. The molecule has 1 amide bonds. The van der Waals surface area contributed by atoms with Gasteiger partial charge in [0.05, 0.1) is 12.7 Å². The Morgan fingerprint density at radius 1 is 1.35 bits per heavy atom. The first-order valence-corrected chi connectivity index (χ1v) is 7.54. The Kier molecular flexibility index (Phi) is 6.34. The molecule has 0 saturated heterocycles. The SMILES string of the molecule is CCC(CC)(CCl)CNC(=O)c1cc(C)ccc1OC. The Morgan fingerprint density at radius 2 is 2.00 bits per heavy atom. The van der Waals surface area contributed by atoms with Crippen molar-refractivity contribution in [2.24, 2.45) is 5.41 Å². The zero-order valence-electron chi connectivity index (χ0n) is 12.8. The number of alkyl halides is 1. The molecule has 0 atom stereocenters. The number of nitrogens with one attached hydrogen (secondary N) is 1. The molecule has 0 heterocycles. The van der Waals surface area contributed by atoms with Crippen molar-refractivity contribution in [1.82, 2.24) is 5.32 Å². The molecule has 1 aromatic carbocycles. The van der Waals surface area contributed by atoms with Crippen LogP contribution in [0.5, 0.6) is 5.75 Å². The van der Waals surface area contributed by atoms with Crippen LogP contribution in [-0.4, -0.2) is 25.4 Å². The fourth-order valence-electron chi connectivity index (χ4n) is 2.10. The summed E-state index contributed by atoms with van der Waals surface area (Å²) in [4.78, 5) is 12.3. The number of hydrogen-bond donors (Lipinski definition) is 1. The van der Waals surface area contributed by atoms with Crippen LogP contribution in [0.25, 0.3) is 0 Å². The molecular weight excluding hydrogens is 274 g/mol. The van der Waals surface area contributed by atoms with Gasteiger partial charge in [-0.1, -0.05) is 25.5 Å². The maximum Gasteiger partial charge on any atom is 0.255 e. The highest BCUT2D eigenvalue weighted by molar-refractivity contribution is 6.18. The number of ether oxygens (including phenoxy) is 1. The summed E-state index contributed by atoms with van der Waals surface area (Å²) in [6.45, 7) is 6.74. The van der Waals surface area contributed by atoms with Crippen molar-refractivity contribution in [3.63, 3.8) is 0 Å². The molecule has 1 N–H and O–H groups in total.